The Morgan fingerprint density at radius 2 is 1.90 bits per heavy atom. The molecule has 1 aliphatic heterocycles. The largest absolute Gasteiger partial charge is 0.366 e. The van der Waals surface area contributed by atoms with Crippen LogP contribution in [-0.2, 0) is 16.6 Å². The average Bonchev–Trinajstić information content (AvgIpc) is 3.32. The minimum absolute atomic E-state index is 0. The van der Waals surface area contributed by atoms with E-state index in [1.165, 1.54) is 21.7 Å². The lowest BCUT2D eigenvalue weighted by atomic mass is 10.1. The molecule has 2 amide bonds. The molecule has 3 aromatic heterocycles. The van der Waals surface area contributed by atoms with Crippen molar-refractivity contribution in [3.63, 3.8) is 0 Å². The second kappa shape index (κ2) is 10.2. The molecule has 17 heteroatoms. The van der Waals surface area contributed by atoms with Crippen LogP contribution in [0.25, 0.3) is 16.6 Å². The van der Waals surface area contributed by atoms with Crippen LogP contribution in [0.4, 0.5) is 19.3 Å². The summed E-state index contributed by atoms with van der Waals surface area (Å²) in [6, 6.07) is 4.38. The van der Waals surface area contributed by atoms with Gasteiger partial charge < -0.3 is 14.7 Å². The molecule has 226 valence electrons. The van der Waals surface area contributed by atoms with E-state index in [0.717, 1.165) is 0 Å². The zero-order valence-corrected chi connectivity index (χ0v) is 24.8. The highest BCUT2D eigenvalue weighted by Gasteiger charge is 2.41. The molecule has 4 heterocycles. The van der Waals surface area contributed by atoms with Crippen LogP contribution < -0.4 is 15.2 Å². The van der Waals surface area contributed by atoms with Gasteiger partial charge in [-0.2, -0.15) is 5.10 Å². The summed E-state index contributed by atoms with van der Waals surface area (Å²) in [5, 5.41) is 11.6. The topological polar surface area (TPSA) is 138 Å². The Hall–Kier alpha value is -3.70. The number of urea groups is 1. The SMILES string of the molecule is CN(C)C(=O)N1CCN(c2cc(S(=O)(=O)NC3(C)CC3)cc3c(=O)n(Cc4nnc(C(F)F)s4)c4ccnn4c23)CC1.[HH]. The standard InChI is InChI=1S/C25H29F2N9O4S2.H2/c1-25(5-6-25)31-42(39,40)15-12-16-20(17(13-15)33-8-10-34(11-9-33)24(38)32(2)3)36-19(4-7-28-36)35(23(16)37)14-18-29-30-22(41-18)21(26)27;/h4,7,12-13,21,31H,5-6,8-11,14H2,1-3H3;1H. The number of benzene rings is 1. The maximum absolute atomic E-state index is 14.1. The van der Waals surface area contributed by atoms with Gasteiger partial charge in [-0.25, -0.2) is 31.2 Å². The van der Waals surface area contributed by atoms with Crippen LogP contribution in [0.3, 0.4) is 0 Å². The molecule has 4 aromatic rings. The molecular weight excluding hydrogens is 592 g/mol. The zero-order chi connectivity index (χ0) is 30.0. The zero-order valence-electron chi connectivity index (χ0n) is 23.1. The molecular formula is C25H31F2N9O4S2. The lowest BCUT2D eigenvalue weighted by Gasteiger charge is -2.37. The highest BCUT2D eigenvalue weighted by molar-refractivity contribution is 7.89. The third-order valence-electron chi connectivity index (χ3n) is 7.58. The molecule has 0 atom stereocenters. The number of rotatable bonds is 7. The first-order chi connectivity index (χ1) is 19.9. The highest BCUT2D eigenvalue weighted by Crippen LogP contribution is 2.37. The Balaban J connectivity index is 0.00000368. The van der Waals surface area contributed by atoms with E-state index in [1.807, 2.05) is 11.8 Å². The molecule has 1 saturated carbocycles. The number of sulfonamides is 1. The number of nitrogens with one attached hydrogen (secondary N) is 1. The van der Waals surface area contributed by atoms with Gasteiger partial charge in [0.25, 0.3) is 12.0 Å². The minimum Gasteiger partial charge on any atom is -0.366 e. The van der Waals surface area contributed by atoms with Gasteiger partial charge in [0.05, 0.1) is 28.7 Å². The minimum atomic E-state index is -4.01. The van der Waals surface area contributed by atoms with Crippen LogP contribution >= 0.6 is 11.3 Å². The molecule has 1 N–H and O–H groups in total. The van der Waals surface area contributed by atoms with Crippen molar-refractivity contribution in [2.75, 3.05) is 45.2 Å². The maximum Gasteiger partial charge on any atom is 0.319 e. The number of hydrogen-bond acceptors (Lipinski definition) is 9. The second-order valence-electron chi connectivity index (χ2n) is 11.0. The van der Waals surface area contributed by atoms with Crippen molar-refractivity contribution in [3.8, 4) is 0 Å². The molecule has 6 rings (SSSR count). The Kier molecular flexibility index (Phi) is 6.93. The summed E-state index contributed by atoms with van der Waals surface area (Å²) in [5.41, 5.74) is 0.205. The summed E-state index contributed by atoms with van der Waals surface area (Å²) >= 11 is 0.701. The van der Waals surface area contributed by atoms with E-state index in [0.29, 0.717) is 67.2 Å². The molecule has 2 fully saturated rings. The van der Waals surface area contributed by atoms with Crippen molar-refractivity contribution in [1.29, 1.82) is 0 Å². The Morgan fingerprint density at radius 3 is 2.52 bits per heavy atom. The van der Waals surface area contributed by atoms with Gasteiger partial charge in [-0.15, -0.1) is 10.2 Å². The second-order valence-corrected chi connectivity index (χ2v) is 13.8. The lowest BCUT2D eigenvalue weighted by Crippen LogP contribution is -2.51. The maximum atomic E-state index is 14.1. The van der Waals surface area contributed by atoms with Gasteiger partial charge in [-0.05, 0) is 31.9 Å². The molecule has 0 radical (unpaired) electrons. The van der Waals surface area contributed by atoms with Gasteiger partial charge >= 0.3 is 6.03 Å². The first-order valence-electron chi connectivity index (χ1n) is 13.3. The van der Waals surface area contributed by atoms with Gasteiger partial charge in [-0.3, -0.25) is 9.36 Å². The summed E-state index contributed by atoms with van der Waals surface area (Å²) in [7, 11) is -0.647. The average molecular weight is 624 g/mol. The first-order valence-corrected chi connectivity index (χ1v) is 15.6. The van der Waals surface area contributed by atoms with Gasteiger partial charge in [0, 0.05) is 53.3 Å². The highest BCUT2D eigenvalue weighted by atomic mass is 32.2. The molecule has 0 spiro atoms. The molecule has 2 aliphatic rings. The van der Waals surface area contributed by atoms with Gasteiger partial charge in [-0.1, -0.05) is 11.3 Å². The number of nitrogens with zero attached hydrogens (tertiary/aromatic N) is 8. The number of carbonyl (C=O) groups excluding carboxylic acids is 1. The number of halogens is 2. The van der Waals surface area contributed by atoms with Gasteiger partial charge in [0.15, 0.2) is 5.01 Å². The number of fused-ring (bicyclic) bond motifs is 3. The number of anilines is 1. The van der Waals surface area contributed by atoms with Crippen LogP contribution in [0.15, 0.2) is 34.1 Å². The number of piperazine rings is 1. The smallest absolute Gasteiger partial charge is 0.319 e. The summed E-state index contributed by atoms with van der Waals surface area (Å²) in [6.07, 6.45) is 0.131. The summed E-state index contributed by atoms with van der Waals surface area (Å²) in [5.74, 6) is 0. The molecule has 1 aromatic carbocycles. The quantitative estimate of drug-likeness (QED) is 0.331. The predicted molar refractivity (Wildman–Crippen MR) is 154 cm³/mol. The number of carbonyl (C=O) groups is 1. The number of amides is 2. The van der Waals surface area contributed by atoms with Crippen LogP contribution in [-0.4, -0.2) is 94.4 Å². The first kappa shape index (κ1) is 28.4. The summed E-state index contributed by atoms with van der Waals surface area (Å²) in [6.45, 7) is 3.27. The van der Waals surface area contributed by atoms with Crippen LogP contribution in [0.1, 0.15) is 37.6 Å². The van der Waals surface area contributed by atoms with Crippen molar-refractivity contribution in [1.82, 2.24) is 38.9 Å². The van der Waals surface area contributed by atoms with Gasteiger partial charge in [0.2, 0.25) is 10.0 Å². The molecule has 13 nitrogen and oxygen atoms in total. The van der Waals surface area contributed by atoms with Crippen LogP contribution in [0.2, 0.25) is 0 Å². The monoisotopic (exact) mass is 623 g/mol. The number of alkyl halides is 2. The predicted octanol–water partition coefficient (Wildman–Crippen LogP) is 2.37. The van der Waals surface area contributed by atoms with Crippen molar-refractivity contribution in [3.05, 3.63) is 44.8 Å². The Bertz CT molecular complexity index is 1860. The van der Waals surface area contributed by atoms with E-state index in [2.05, 4.69) is 20.0 Å². The van der Waals surface area contributed by atoms with E-state index in [4.69, 9.17) is 0 Å². The Morgan fingerprint density at radius 1 is 1.19 bits per heavy atom. The van der Waals surface area contributed by atoms with E-state index in [1.54, 1.807) is 35.6 Å². The van der Waals surface area contributed by atoms with E-state index in [9.17, 15) is 26.8 Å². The molecule has 1 aliphatic carbocycles. The third kappa shape index (κ3) is 5.09. The van der Waals surface area contributed by atoms with Crippen molar-refractivity contribution >= 4 is 49.6 Å². The molecule has 42 heavy (non-hydrogen) atoms. The van der Waals surface area contributed by atoms with Crippen LogP contribution in [0, 0.1) is 0 Å². The van der Waals surface area contributed by atoms with Crippen LogP contribution in [0.5, 0.6) is 0 Å². The van der Waals surface area contributed by atoms with Crippen molar-refractivity contribution in [2.24, 2.45) is 0 Å². The molecule has 1 saturated heterocycles. The lowest BCUT2D eigenvalue weighted by molar-refractivity contribution is 0.150. The fourth-order valence-corrected chi connectivity index (χ4v) is 7.30. The van der Waals surface area contributed by atoms with E-state index >= 15 is 0 Å². The van der Waals surface area contributed by atoms with E-state index in [-0.39, 0.29) is 29.3 Å². The fourth-order valence-electron chi connectivity index (χ4n) is 5.10. The summed E-state index contributed by atoms with van der Waals surface area (Å²) < 4.78 is 59.0. The molecule has 0 unspecified atom stereocenters. The number of aromatic nitrogens is 5. The Labute approximate surface area is 244 Å². The fraction of sp³-hybridized carbons (Fsp3) is 0.480. The van der Waals surface area contributed by atoms with Crippen molar-refractivity contribution in [2.45, 2.75) is 43.2 Å². The van der Waals surface area contributed by atoms with Gasteiger partial charge in [0.1, 0.15) is 16.2 Å². The molecule has 0 bridgehead atoms. The number of hydrogen-bond donors (Lipinski definition) is 1. The summed E-state index contributed by atoms with van der Waals surface area (Å²) in [4.78, 5) is 31.7. The third-order valence-corrected chi connectivity index (χ3v) is 10.1. The van der Waals surface area contributed by atoms with Crippen molar-refractivity contribution < 1.29 is 23.4 Å². The van der Waals surface area contributed by atoms with E-state index < -0.39 is 32.6 Å². The normalized spacial score (nSPS) is 17.0.